The summed E-state index contributed by atoms with van der Waals surface area (Å²) in [6.45, 7) is 12.4. The van der Waals surface area contributed by atoms with E-state index in [1.165, 1.54) is 11.3 Å². The minimum Gasteiger partial charge on any atom is -0.342 e. The predicted octanol–water partition coefficient (Wildman–Crippen LogP) is 1.55. The van der Waals surface area contributed by atoms with E-state index in [0.717, 1.165) is 28.4 Å². The second-order valence-corrected chi connectivity index (χ2v) is 8.90. The summed E-state index contributed by atoms with van der Waals surface area (Å²) in [4.78, 5) is 52.3. The maximum Gasteiger partial charge on any atom is 0.259 e. The Morgan fingerprint density at radius 2 is 1.80 bits per heavy atom. The van der Waals surface area contributed by atoms with Gasteiger partial charge in [-0.05, 0) is 33.3 Å². The fourth-order valence-corrected chi connectivity index (χ4v) is 4.87. The second kappa shape index (κ2) is 9.70. The SMILES string of the molecule is CCN(CC)C(=O)CN1CCN(C(=O)CCc2nc3sc(C)c(C)c3c(=O)[nH]2)CC1. The van der Waals surface area contributed by atoms with E-state index in [0.29, 0.717) is 56.8 Å². The summed E-state index contributed by atoms with van der Waals surface area (Å²) in [6.07, 6.45) is 0.733. The number of hydrogen-bond donors (Lipinski definition) is 1. The summed E-state index contributed by atoms with van der Waals surface area (Å²) < 4.78 is 0. The summed E-state index contributed by atoms with van der Waals surface area (Å²) in [5.74, 6) is 0.765. The highest BCUT2D eigenvalue weighted by molar-refractivity contribution is 7.18. The largest absolute Gasteiger partial charge is 0.342 e. The monoisotopic (exact) mass is 433 g/mol. The minimum atomic E-state index is -0.129. The van der Waals surface area contributed by atoms with Gasteiger partial charge in [0.15, 0.2) is 0 Å². The van der Waals surface area contributed by atoms with E-state index >= 15 is 0 Å². The van der Waals surface area contributed by atoms with Crippen LogP contribution in [0.1, 0.15) is 36.5 Å². The Balaban J connectivity index is 1.51. The van der Waals surface area contributed by atoms with Crippen LogP contribution in [0.4, 0.5) is 0 Å². The third-order valence-electron chi connectivity index (χ3n) is 5.86. The Bertz CT molecular complexity index is 971. The zero-order valence-corrected chi connectivity index (χ0v) is 19.1. The van der Waals surface area contributed by atoms with Crippen molar-refractivity contribution in [1.29, 1.82) is 0 Å². The number of aromatic nitrogens is 2. The van der Waals surface area contributed by atoms with Gasteiger partial charge < -0.3 is 14.8 Å². The summed E-state index contributed by atoms with van der Waals surface area (Å²) in [5.41, 5.74) is 0.847. The molecule has 2 amide bonds. The number of carbonyl (C=O) groups excluding carboxylic acids is 2. The van der Waals surface area contributed by atoms with Gasteiger partial charge in [0.05, 0.1) is 11.9 Å². The topological polar surface area (TPSA) is 89.6 Å². The van der Waals surface area contributed by atoms with E-state index in [9.17, 15) is 14.4 Å². The average Bonchev–Trinajstić information content (AvgIpc) is 3.01. The lowest BCUT2D eigenvalue weighted by Crippen LogP contribution is -2.51. The second-order valence-electron chi connectivity index (χ2n) is 7.70. The fraction of sp³-hybridized carbons (Fsp3) is 0.619. The number of likely N-dealkylation sites (N-methyl/N-ethyl adjacent to an activating group) is 1. The maximum atomic E-state index is 12.6. The molecule has 0 bridgehead atoms. The molecule has 9 heteroatoms. The Morgan fingerprint density at radius 3 is 2.43 bits per heavy atom. The van der Waals surface area contributed by atoms with E-state index in [2.05, 4.69) is 14.9 Å². The lowest BCUT2D eigenvalue weighted by atomic mass is 10.2. The van der Waals surface area contributed by atoms with Gasteiger partial charge in [-0.25, -0.2) is 4.98 Å². The third kappa shape index (κ3) is 4.89. The number of H-pyrrole nitrogens is 1. The number of carbonyl (C=O) groups is 2. The van der Waals surface area contributed by atoms with Crippen molar-refractivity contribution in [3.8, 4) is 0 Å². The molecule has 1 aliphatic heterocycles. The Kier molecular flexibility index (Phi) is 7.25. The van der Waals surface area contributed by atoms with Crippen LogP contribution >= 0.6 is 11.3 Å². The molecular formula is C21H31N5O3S. The van der Waals surface area contributed by atoms with Gasteiger partial charge in [-0.15, -0.1) is 11.3 Å². The van der Waals surface area contributed by atoms with E-state index in [4.69, 9.17) is 0 Å². The highest BCUT2D eigenvalue weighted by Gasteiger charge is 2.23. The number of nitrogens with one attached hydrogen (secondary N) is 1. The van der Waals surface area contributed by atoms with E-state index in [-0.39, 0.29) is 17.4 Å². The van der Waals surface area contributed by atoms with Gasteiger partial charge >= 0.3 is 0 Å². The Morgan fingerprint density at radius 1 is 1.13 bits per heavy atom. The molecule has 0 aromatic carbocycles. The van der Waals surface area contributed by atoms with Gasteiger partial charge in [0.2, 0.25) is 11.8 Å². The van der Waals surface area contributed by atoms with Gasteiger partial charge in [0.25, 0.3) is 5.56 Å². The highest BCUT2D eigenvalue weighted by Crippen LogP contribution is 2.25. The van der Waals surface area contributed by atoms with E-state index < -0.39 is 0 Å². The van der Waals surface area contributed by atoms with Gasteiger partial charge in [-0.3, -0.25) is 19.3 Å². The standard InChI is InChI=1S/C21H31N5O3S/c1-5-25(6-2)18(28)13-24-9-11-26(12-10-24)17(27)8-7-16-22-20(29)19-14(3)15(4)30-21(19)23-16/h5-13H2,1-4H3,(H,22,23,29). The average molecular weight is 434 g/mol. The number of aromatic amines is 1. The van der Waals surface area contributed by atoms with Crippen LogP contribution in [-0.2, 0) is 16.0 Å². The first-order valence-corrected chi connectivity index (χ1v) is 11.4. The highest BCUT2D eigenvalue weighted by atomic mass is 32.1. The zero-order valence-electron chi connectivity index (χ0n) is 18.3. The fourth-order valence-electron chi connectivity index (χ4n) is 3.82. The number of nitrogens with zero attached hydrogens (tertiary/aromatic N) is 4. The van der Waals surface area contributed by atoms with E-state index in [1.807, 2.05) is 37.5 Å². The first-order chi connectivity index (χ1) is 14.3. The molecule has 0 aliphatic carbocycles. The molecule has 1 saturated heterocycles. The molecule has 0 saturated carbocycles. The summed E-state index contributed by atoms with van der Waals surface area (Å²) in [5, 5.41) is 0.656. The molecule has 0 unspecified atom stereocenters. The van der Waals surface area contributed by atoms with Crippen LogP contribution < -0.4 is 5.56 Å². The molecule has 2 aromatic rings. The lowest BCUT2D eigenvalue weighted by Gasteiger charge is -2.35. The molecule has 8 nitrogen and oxygen atoms in total. The molecule has 0 spiro atoms. The van der Waals surface area contributed by atoms with Crippen molar-refractivity contribution in [2.75, 3.05) is 45.8 Å². The zero-order chi connectivity index (χ0) is 21.8. The molecule has 2 aromatic heterocycles. The molecule has 3 rings (SSSR count). The summed E-state index contributed by atoms with van der Waals surface area (Å²) >= 11 is 1.52. The Hall–Kier alpha value is -2.26. The quantitative estimate of drug-likeness (QED) is 0.716. The number of thiophene rings is 1. The molecule has 164 valence electrons. The van der Waals surface area contributed by atoms with Gasteiger partial charge in [-0.2, -0.15) is 0 Å². The molecule has 3 heterocycles. The van der Waals surface area contributed by atoms with Crippen LogP contribution in [-0.4, -0.2) is 82.3 Å². The summed E-state index contributed by atoms with van der Waals surface area (Å²) in [7, 11) is 0. The van der Waals surface area contributed by atoms with Gasteiger partial charge in [0.1, 0.15) is 10.7 Å². The first-order valence-electron chi connectivity index (χ1n) is 10.6. The smallest absolute Gasteiger partial charge is 0.259 e. The van der Waals surface area contributed by atoms with Gasteiger partial charge in [0, 0.05) is 57.0 Å². The maximum absolute atomic E-state index is 12.6. The number of rotatable bonds is 7. The molecule has 1 fully saturated rings. The van der Waals surface area contributed by atoms with Crippen molar-refractivity contribution in [1.82, 2.24) is 24.7 Å². The van der Waals surface area contributed by atoms with Crippen LogP contribution in [0.15, 0.2) is 4.79 Å². The Labute approximate surface area is 180 Å². The van der Waals surface area contributed by atoms with Crippen molar-refractivity contribution in [2.24, 2.45) is 0 Å². The number of aryl methyl sites for hydroxylation is 3. The number of piperazine rings is 1. The number of amides is 2. The van der Waals surface area contributed by atoms with Crippen LogP contribution in [0.25, 0.3) is 10.2 Å². The van der Waals surface area contributed by atoms with Crippen molar-refractivity contribution >= 4 is 33.4 Å². The predicted molar refractivity (Wildman–Crippen MR) is 119 cm³/mol. The molecule has 0 atom stereocenters. The minimum absolute atomic E-state index is 0.0611. The molecule has 1 N–H and O–H groups in total. The van der Waals surface area contributed by atoms with Gasteiger partial charge in [-0.1, -0.05) is 0 Å². The summed E-state index contributed by atoms with van der Waals surface area (Å²) in [6, 6.07) is 0. The third-order valence-corrected chi connectivity index (χ3v) is 6.96. The molecular weight excluding hydrogens is 402 g/mol. The first kappa shape index (κ1) is 22.4. The van der Waals surface area contributed by atoms with Crippen molar-refractivity contribution in [2.45, 2.75) is 40.5 Å². The normalized spacial score (nSPS) is 15.0. The number of fused-ring (bicyclic) bond motifs is 1. The van der Waals surface area contributed by atoms with E-state index in [1.54, 1.807) is 0 Å². The van der Waals surface area contributed by atoms with Crippen molar-refractivity contribution in [3.63, 3.8) is 0 Å². The van der Waals surface area contributed by atoms with Crippen molar-refractivity contribution in [3.05, 3.63) is 26.6 Å². The number of hydrogen-bond acceptors (Lipinski definition) is 6. The van der Waals surface area contributed by atoms with Crippen molar-refractivity contribution < 1.29 is 9.59 Å². The van der Waals surface area contributed by atoms with Crippen LogP contribution in [0.3, 0.4) is 0 Å². The molecule has 30 heavy (non-hydrogen) atoms. The molecule has 1 aliphatic rings. The van der Waals surface area contributed by atoms with Crippen LogP contribution in [0, 0.1) is 13.8 Å². The molecule has 0 radical (unpaired) electrons. The lowest BCUT2D eigenvalue weighted by molar-refractivity contribution is -0.135. The van der Waals surface area contributed by atoms with Crippen LogP contribution in [0.2, 0.25) is 0 Å². The van der Waals surface area contributed by atoms with Crippen LogP contribution in [0.5, 0.6) is 0 Å².